The lowest BCUT2D eigenvalue weighted by Crippen LogP contribution is -2.09. The molecule has 142 valence electrons. The maximum atomic E-state index is 12.4. The quantitative estimate of drug-likeness (QED) is 0.385. The van der Waals surface area contributed by atoms with Crippen LogP contribution in [0.4, 0.5) is 0 Å². The molecule has 0 saturated heterocycles. The fourth-order valence-electron chi connectivity index (χ4n) is 3.17. The number of fused-ring (bicyclic) bond motifs is 1. The fraction of sp³-hybridized carbons (Fsp3) is 0.318. The van der Waals surface area contributed by atoms with Crippen LogP contribution in [0, 0.1) is 13.8 Å². The summed E-state index contributed by atoms with van der Waals surface area (Å²) in [6.07, 6.45) is 1.54. The van der Waals surface area contributed by atoms with E-state index in [0.29, 0.717) is 18.9 Å². The Balaban J connectivity index is 1.77. The normalized spacial score (nSPS) is 11.0. The number of nitrogens with one attached hydrogen (secondary N) is 1. The van der Waals surface area contributed by atoms with Crippen LogP contribution in [-0.2, 0) is 11.2 Å². The van der Waals surface area contributed by atoms with Gasteiger partial charge in [-0.15, -0.1) is 0 Å². The van der Waals surface area contributed by atoms with Gasteiger partial charge in [-0.05, 0) is 78.4 Å². The second-order valence-corrected chi connectivity index (χ2v) is 7.44. The van der Waals surface area contributed by atoms with Gasteiger partial charge >= 0.3 is 5.97 Å². The number of carbonyl (C=O) groups is 1. The Hall–Kier alpha value is -2.27. The highest BCUT2D eigenvalue weighted by molar-refractivity contribution is 9.10. The predicted molar refractivity (Wildman–Crippen MR) is 112 cm³/mol. The zero-order valence-electron chi connectivity index (χ0n) is 15.9. The monoisotopic (exact) mass is 429 g/mol. The summed E-state index contributed by atoms with van der Waals surface area (Å²) < 4.78 is 12.1. The molecule has 3 aromatic rings. The van der Waals surface area contributed by atoms with Crippen molar-refractivity contribution in [3.05, 3.63) is 63.3 Å². The summed E-state index contributed by atoms with van der Waals surface area (Å²) in [6, 6.07) is 12.2. The Morgan fingerprint density at radius 2 is 2.00 bits per heavy atom. The van der Waals surface area contributed by atoms with Crippen molar-refractivity contribution in [1.82, 2.24) is 4.98 Å². The van der Waals surface area contributed by atoms with Crippen molar-refractivity contribution in [3.63, 3.8) is 0 Å². The first-order chi connectivity index (χ1) is 13.0. The number of H-pyrrole nitrogens is 1. The first-order valence-electron chi connectivity index (χ1n) is 9.17. The number of para-hydroxylation sites is 1. The number of hydrogen-bond donors (Lipinski definition) is 1. The van der Waals surface area contributed by atoms with Crippen LogP contribution < -0.4 is 4.74 Å². The maximum Gasteiger partial charge on any atom is 0.355 e. The number of carbonyl (C=O) groups excluding carboxylic acids is 1. The standard InChI is InChI=1S/C22H24BrNO3/c1-4-26-22(25)21-17(16-7-5-9-18(23)20(16)24-21)8-6-12-27-19-13-14(2)10-11-15(19)3/h5,7,9-11,13,24H,4,6,8,12H2,1-3H3. The van der Waals surface area contributed by atoms with Crippen LogP contribution in [0.5, 0.6) is 5.75 Å². The Morgan fingerprint density at radius 3 is 2.78 bits per heavy atom. The highest BCUT2D eigenvalue weighted by Crippen LogP contribution is 2.30. The third kappa shape index (κ3) is 4.35. The summed E-state index contributed by atoms with van der Waals surface area (Å²) in [6.45, 7) is 6.86. The molecule has 0 unspecified atom stereocenters. The van der Waals surface area contributed by atoms with Crippen LogP contribution in [0.3, 0.4) is 0 Å². The first-order valence-corrected chi connectivity index (χ1v) is 9.96. The second-order valence-electron chi connectivity index (χ2n) is 6.58. The minimum Gasteiger partial charge on any atom is -0.493 e. The van der Waals surface area contributed by atoms with Crippen molar-refractivity contribution in [2.24, 2.45) is 0 Å². The average molecular weight is 430 g/mol. The van der Waals surface area contributed by atoms with Gasteiger partial charge in [-0.3, -0.25) is 0 Å². The topological polar surface area (TPSA) is 51.3 Å². The number of hydrogen-bond acceptors (Lipinski definition) is 3. The highest BCUT2D eigenvalue weighted by Gasteiger charge is 2.19. The van der Waals surface area contributed by atoms with Crippen LogP contribution in [0.2, 0.25) is 0 Å². The molecule has 27 heavy (non-hydrogen) atoms. The van der Waals surface area contributed by atoms with Gasteiger partial charge in [-0.25, -0.2) is 4.79 Å². The number of aromatic nitrogens is 1. The molecule has 0 saturated carbocycles. The summed E-state index contributed by atoms with van der Waals surface area (Å²) in [7, 11) is 0. The van der Waals surface area contributed by atoms with Gasteiger partial charge in [0.25, 0.3) is 0 Å². The van der Waals surface area contributed by atoms with Crippen LogP contribution in [0.25, 0.3) is 10.9 Å². The molecule has 1 heterocycles. The lowest BCUT2D eigenvalue weighted by Gasteiger charge is -2.10. The van der Waals surface area contributed by atoms with Gasteiger partial charge in [0, 0.05) is 9.86 Å². The molecule has 0 bridgehead atoms. The van der Waals surface area contributed by atoms with Crippen molar-refractivity contribution in [2.45, 2.75) is 33.6 Å². The molecule has 1 aromatic heterocycles. The number of halogens is 1. The van der Waals surface area contributed by atoms with Crippen molar-refractivity contribution in [1.29, 1.82) is 0 Å². The molecule has 4 nitrogen and oxygen atoms in total. The Morgan fingerprint density at radius 1 is 1.19 bits per heavy atom. The van der Waals surface area contributed by atoms with Gasteiger partial charge in [0.2, 0.25) is 0 Å². The molecular weight excluding hydrogens is 406 g/mol. The van der Waals surface area contributed by atoms with E-state index in [1.807, 2.05) is 32.0 Å². The van der Waals surface area contributed by atoms with Crippen molar-refractivity contribution >= 4 is 32.8 Å². The van der Waals surface area contributed by atoms with E-state index in [2.05, 4.69) is 46.0 Å². The van der Waals surface area contributed by atoms with E-state index >= 15 is 0 Å². The molecule has 5 heteroatoms. The molecule has 0 spiro atoms. The molecule has 0 aliphatic heterocycles. The van der Waals surface area contributed by atoms with Gasteiger partial charge in [0.15, 0.2) is 0 Å². The first kappa shape index (κ1) is 19.5. The third-order valence-electron chi connectivity index (χ3n) is 4.54. The molecule has 0 fully saturated rings. The molecule has 0 radical (unpaired) electrons. The predicted octanol–water partition coefficient (Wildman–Crippen LogP) is 5.74. The van der Waals surface area contributed by atoms with Crippen LogP contribution >= 0.6 is 15.9 Å². The van der Waals surface area contributed by atoms with E-state index in [1.54, 1.807) is 0 Å². The number of esters is 1. The van der Waals surface area contributed by atoms with Gasteiger partial charge in [-0.1, -0.05) is 24.3 Å². The lowest BCUT2D eigenvalue weighted by atomic mass is 10.1. The summed E-state index contributed by atoms with van der Waals surface area (Å²) in [5.74, 6) is 0.605. The van der Waals surface area contributed by atoms with Crippen LogP contribution in [0.15, 0.2) is 40.9 Å². The van der Waals surface area contributed by atoms with Gasteiger partial charge < -0.3 is 14.5 Å². The van der Waals surface area contributed by atoms with Crippen molar-refractivity contribution < 1.29 is 14.3 Å². The van der Waals surface area contributed by atoms with Gasteiger partial charge in [0.1, 0.15) is 11.4 Å². The van der Waals surface area contributed by atoms with Crippen molar-refractivity contribution in [2.75, 3.05) is 13.2 Å². The van der Waals surface area contributed by atoms with Gasteiger partial charge in [0.05, 0.1) is 18.7 Å². The van der Waals surface area contributed by atoms with Crippen LogP contribution in [-0.4, -0.2) is 24.2 Å². The molecule has 0 amide bonds. The number of aryl methyl sites for hydroxylation is 3. The average Bonchev–Trinajstić information content (AvgIpc) is 3.02. The highest BCUT2D eigenvalue weighted by atomic mass is 79.9. The summed E-state index contributed by atoms with van der Waals surface area (Å²) in [5.41, 5.74) is 4.75. The minimum absolute atomic E-state index is 0.314. The lowest BCUT2D eigenvalue weighted by molar-refractivity contribution is 0.0519. The number of aromatic amines is 1. The van der Waals surface area contributed by atoms with Gasteiger partial charge in [-0.2, -0.15) is 0 Å². The minimum atomic E-state index is -0.314. The van der Waals surface area contributed by atoms with E-state index < -0.39 is 0 Å². The van der Waals surface area contributed by atoms with Crippen LogP contribution in [0.1, 0.15) is 40.5 Å². The summed E-state index contributed by atoms with van der Waals surface area (Å²) in [4.78, 5) is 15.6. The molecule has 3 rings (SSSR count). The Kier molecular flexibility index (Phi) is 6.22. The van der Waals surface area contributed by atoms with E-state index in [-0.39, 0.29) is 5.97 Å². The van der Waals surface area contributed by atoms with E-state index in [4.69, 9.17) is 9.47 Å². The number of rotatable bonds is 7. The molecule has 1 N–H and O–H groups in total. The zero-order chi connectivity index (χ0) is 19.4. The third-order valence-corrected chi connectivity index (χ3v) is 5.20. The molecule has 0 aliphatic rings. The van der Waals surface area contributed by atoms with E-state index in [9.17, 15) is 4.79 Å². The number of benzene rings is 2. The fourth-order valence-corrected chi connectivity index (χ4v) is 3.63. The Bertz CT molecular complexity index is 962. The molecule has 2 aromatic carbocycles. The number of ether oxygens (including phenoxy) is 2. The molecule has 0 atom stereocenters. The zero-order valence-corrected chi connectivity index (χ0v) is 17.5. The summed E-state index contributed by atoms with van der Waals surface area (Å²) in [5, 5.41) is 1.04. The van der Waals surface area contributed by atoms with E-state index in [0.717, 1.165) is 45.1 Å². The molecular formula is C22H24BrNO3. The second kappa shape index (κ2) is 8.61. The Labute approximate surface area is 168 Å². The SMILES string of the molecule is CCOC(=O)c1[nH]c2c(Br)cccc2c1CCCOc1cc(C)ccc1C. The largest absolute Gasteiger partial charge is 0.493 e. The van der Waals surface area contributed by atoms with E-state index in [1.165, 1.54) is 5.56 Å². The van der Waals surface area contributed by atoms with Crippen molar-refractivity contribution in [3.8, 4) is 5.75 Å². The molecule has 0 aliphatic carbocycles. The summed E-state index contributed by atoms with van der Waals surface area (Å²) >= 11 is 3.55. The maximum absolute atomic E-state index is 12.4. The smallest absolute Gasteiger partial charge is 0.355 e.